The van der Waals surface area contributed by atoms with Gasteiger partial charge in [0.1, 0.15) is 34.1 Å². The summed E-state index contributed by atoms with van der Waals surface area (Å²) in [5.41, 5.74) is 0. The molecule has 0 saturated carbocycles. The molecular formula is C13H25N3O2S2. The first-order chi connectivity index (χ1) is 9.01. The van der Waals surface area contributed by atoms with Crippen molar-refractivity contribution in [3.05, 3.63) is 0 Å². The molecule has 0 amide bonds. The second kappa shape index (κ2) is 6.47. The summed E-state index contributed by atoms with van der Waals surface area (Å²) in [6.07, 6.45) is 3.32. The van der Waals surface area contributed by atoms with Gasteiger partial charge in [-0.25, -0.2) is 8.42 Å². The summed E-state index contributed by atoms with van der Waals surface area (Å²) >= 11 is 0. The normalized spacial score (nSPS) is 22.7. The molecule has 2 atom stereocenters. The third-order valence-electron chi connectivity index (χ3n) is 2.65. The Morgan fingerprint density at radius 3 is 2.10 bits per heavy atom. The third-order valence-corrected chi connectivity index (χ3v) is 5.41. The minimum atomic E-state index is -1.28. The van der Waals surface area contributed by atoms with Crippen LogP contribution in [0.25, 0.3) is 0 Å². The SMILES string of the molecule is CC(C)(C)[S@@](=O)/N=C\N1CCC/C1=N\[S@](=O)C(C)(C)C. The molecule has 1 heterocycles. The summed E-state index contributed by atoms with van der Waals surface area (Å²) in [4.78, 5) is 1.85. The lowest BCUT2D eigenvalue weighted by molar-refractivity contribution is 0.644. The monoisotopic (exact) mass is 319 g/mol. The smallest absolute Gasteiger partial charge is 0.146 e. The highest BCUT2D eigenvalue weighted by atomic mass is 32.2. The van der Waals surface area contributed by atoms with Gasteiger partial charge in [0.15, 0.2) is 0 Å². The molecule has 116 valence electrons. The van der Waals surface area contributed by atoms with Crippen LogP contribution in [0.3, 0.4) is 0 Å². The van der Waals surface area contributed by atoms with Crippen molar-refractivity contribution >= 4 is 34.1 Å². The van der Waals surface area contributed by atoms with Crippen molar-refractivity contribution in [1.82, 2.24) is 4.90 Å². The minimum absolute atomic E-state index is 0.368. The van der Waals surface area contributed by atoms with Gasteiger partial charge in [-0.1, -0.05) is 0 Å². The van der Waals surface area contributed by atoms with Crippen molar-refractivity contribution in [2.24, 2.45) is 8.80 Å². The first kappa shape index (κ1) is 17.5. The van der Waals surface area contributed by atoms with Gasteiger partial charge in [-0.05, 0) is 48.0 Å². The Morgan fingerprint density at radius 2 is 1.60 bits per heavy atom. The first-order valence-electron chi connectivity index (χ1n) is 6.74. The number of likely N-dealkylation sites (tertiary alicyclic amines) is 1. The van der Waals surface area contributed by atoms with E-state index in [1.165, 1.54) is 0 Å². The third kappa shape index (κ3) is 5.09. The van der Waals surface area contributed by atoms with Crippen LogP contribution in [-0.2, 0) is 22.0 Å². The van der Waals surface area contributed by atoms with E-state index in [-0.39, 0.29) is 9.49 Å². The molecule has 0 aromatic heterocycles. The van der Waals surface area contributed by atoms with Gasteiger partial charge in [-0.3, -0.25) is 0 Å². The minimum Gasteiger partial charge on any atom is -0.319 e. The molecular weight excluding hydrogens is 294 g/mol. The van der Waals surface area contributed by atoms with E-state index in [4.69, 9.17) is 0 Å². The van der Waals surface area contributed by atoms with E-state index in [0.29, 0.717) is 0 Å². The number of rotatable bonds is 3. The standard InChI is InChI=1S/C13H25N3O2S2/c1-12(2,3)19(17)14-10-16-9-7-8-11(16)15-20(18)13(4,5)6/h10H,7-9H2,1-6H3/b14-10-,15-11+/t19-,20-/m1/s1. The van der Waals surface area contributed by atoms with Crippen molar-refractivity contribution in [3.8, 4) is 0 Å². The van der Waals surface area contributed by atoms with Crippen LogP contribution in [0.1, 0.15) is 54.4 Å². The number of amidine groups is 1. The van der Waals surface area contributed by atoms with E-state index >= 15 is 0 Å². The van der Waals surface area contributed by atoms with Crippen LogP contribution in [0.15, 0.2) is 8.80 Å². The molecule has 1 saturated heterocycles. The number of hydrogen-bond acceptors (Lipinski definition) is 2. The summed E-state index contributed by atoms with van der Waals surface area (Å²) in [5.74, 6) is 0.771. The van der Waals surface area contributed by atoms with E-state index in [2.05, 4.69) is 8.80 Å². The molecule has 0 radical (unpaired) electrons. The molecule has 0 unspecified atom stereocenters. The average molecular weight is 319 g/mol. The van der Waals surface area contributed by atoms with Gasteiger partial charge >= 0.3 is 0 Å². The number of hydrogen-bond donors (Lipinski definition) is 0. The Balaban J connectivity index is 2.81. The molecule has 0 bridgehead atoms. The lowest BCUT2D eigenvalue weighted by Gasteiger charge is -2.18. The second-order valence-corrected chi connectivity index (χ2v) is 10.6. The van der Waals surface area contributed by atoms with Crippen LogP contribution in [0.5, 0.6) is 0 Å². The fourth-order valence-electron chi connectivity index (χ4n) is 1.39. The van der Waals surface area contributed by atoms with Gasteiger partial charge in [0.2, 0.25) is 0 Å². The maximum Gasteiger partial charge on any atom is 0.146 e. The van der Waals surface area contributed by atoms with Gasteiger partial charge in [0, 0.05) is 13.0 Å². The quantitative estimate of drug-likeness (QED) is 0.593. The van der Waals surface area contributed by atoms with Crippen molar-refractivity contribution in [1.29, 1.82) is 0 Å². The maximum atomic E-state index is 12.1. The molecule has 0 aromatic carbocycles. The van der Waals surface area contributed by atoms with Gasteiger partial charge in [0.05, 0.1) is 9.49 Å². The van der Waals surface area contributed by atoms with E-state index in [1.807, 2.05) is 46.4 Å². The van der Waals surface area contributed by atoms with Gasteiger partial charge in [-0.15, -0.1) is 0 Å². The van der Waals surface area contributed by atoms with Crippen molar-refractivity contribution in [2.75, 3.05) is 6.54 Å². The molecule has 0 aliphatic carbocycles. The summed E-state index contributed by atoms with van der Waals surface area (Å²) in [6.45, 7) is 12.1. The van der Waals surface area contributed by atoms with E-state index in [0.717, 1.165) is 25.2 Å². The van der Waals surface area contributed by atoms with Crippen LogP contribution < -0.4 is 0 Å². The largest absolute Gasteiger partial charge is 0.319 e. The lowest BCUT2D eigenvalue weighted by Crippen LogP contribution is -2.28. The molecule has 0 aromatic rings. The van der Waals surface area contributed by atoms with Crippen LogP contribution >= 0.6 is 0 Å². The topological polar surface area (TPSA) is 62.1 Å². The molecule has 0 N–H and O–H groups in total. The van der Waals surface area contributed by atoms with Crippen LogP contribution in [0.2, 0.25) is 0 Å². The highest BCUT2D eigenvalue weighted by Crippen LogP contribution is 2.17. The molecule has 7 heteroatoms. The zero-order valence-electron chi connectivity index (χ0n) is 13.2. The van der Waals surface area contributed by atoms with Crippen LogP contribution in [-0.4, -0.2) is 41.5 Å². The summed E-state index contributed by atoms with van der Waals surface area (Å²) in [5, 5.41) is 0. The van der Waals surface area contributed by atoms with E-state index in [9.17, 15) is 8.42 Å². The Labute approximate surface area is 127 Å². The second-order valence-electron chi connectivity index (χ2n) is 6.75. The average Bonchev–Trinajstić information content (AvgIpc) is 2.70. The highest BCUT2D eigenvalue weighted by Gasteiger charge is 2.24. The summed E-state index contributed by atoms with van der Waals surface area (Å²) < 4.78 is 31.6. The molecule has 1 fully saturated rings. The van der Waals surface area contributed by atoms with Crippen LogP contribution in [0.4, 0.5) is 0 Å². The molecule has 1 rings (SSSR count). The van der Waals surface area contributed by atoms with Gasteiger partial charge in [0.25, 0.3) is 0 Å². The highest BCUT2D eigenvalue weighted by molar-refractivity contribution is 7.85. The Hall–Kier alpha value is -0.560. The van der Waals surface area contributed by atoms with Crippen molar-refractivity contribution < 1.29 is 8.42 Å². The molecule has 5 nitrogen and oxygen atoms in total. The number of nitrogens with zero attached hydrogens (tertiary/aromatic N) is 3. The van der Waals surface area contributed by atoms with Crippen LogP contribution in [0, 0.1) is 0 Å². The molecule has 1 aliphatic heterocycles. The zero-order valence-corrected chi connectivity index (χ0v) is 14.8. The first-order valence-corrected chi connectivity index (χ1v) is 8.95. The van der Waals surface area contributed by atoms with Crippen molar-refractivity contribution in [3.63, 3.8) is 0 Å². The van der Waals surface area contributed by atoms with Crippen molar-refractivity contribution in [2.45, 2.75) is 63.9 Å². The zero-order chi connectivity index (χ0) is 15.6. The Kier molecular flexibility index (Phi) is 5.66. The fourth-order valence-corrected chi connectivity index (χ4v) is 2.57. The lowest BCUT2D eigenvalue weighted by atomic mass is 10.3. The molecule has 0 spiro atoms. The predicted molar refractivity (Wildman–Crippen MR) is 87.7 cm³/mol. The Morgan fingerprint density at radius 1 is 1.05 bits per heavy atom. The Bertz CT molecular complexity index is 459. The summed E-state index contributed by atoms with van der Waals surface area (Å²) in [7, 11) is -2.55. The molecule has 1 aliphatic rings. The maximum absolute atomic E-state index is 12.1. The fraction of sp³-hybridized carbons (Fsp3) is 0.846. The van der Waals surface area contributed by atoms with E-state index in [1.54, 1.807) is 6.34 Å². The van der Waals surface area contributed by atoms with Gasteiger partial charge in [-0.2, -0.15) is 8.80 Å². The van der Waals surface area contributed by atoms with E-state index < -0.39 is 22.0 Å². The summed E-state index contributed by atoms with van der Waals surface area (Å²) in [6, 6.07) is 0. The predicted octanol–water partition coefficient (Wildman–Crippen LogP) is 2.43. The molecule has 20 heavy (non-hydrogen) atoms. The van der Waals surface area contributed by atoms with Gasteiger partial charge < -0.3 is 4.90 Å².